The minimum Gasteiger partial charge on any atom is -0.504 e. The molecule has 0 radical (unpaired) electrons. The van der Waals surface area contributed by atoms with Gasteiger partial charge in [0.1, 0.15) is 19.3 Å². The van der Waals surface area contributed by atoms with Gasteiger partial charge < -0.3 is 28.8 Å². The van der Waals surface area contributed by atoms with E-state index in [9.17, 15) is 14.7 Å². The quantitative estimate of drug-likeness (QED) is 0.222. The van der Waals surface area contributed by atoms with E-state index >= 15 is 0 Å². The molecule has 0 spiro atoms. The number of esters is 2. The number of phenolic OH excluding ortho intramolecular Hbond substituents is 1. The molecule has 1 heterocycles. The summed E-state index contributed by atoms with van der Waals surface area (Å²) in [7, 11) is 3.02. The third-order valence-corrected chi connectivity index (χ3v) is 6.90. The van der Waals surface area contributed by atoms with Gasteiger partial charge in [0.15, 0.2) is 23.0 Å². The van der Waals surface area contributed by atoms with Crippen molar-refractivity contribution in [2.45, 2.75) is 12.0 Å². The lowest BCUT2D eigenvalue weighted by atomic mass is 9.90. The SMILES string of the molecule is COc1cc([C@H]2Oc3c(OC)cc(C=CCOC(=O)c4ccccc4)cc3[C@@H]2COC(=O)c2ccccc2)ccc1O. The largest absolute Gasteiger partial charge is 0.504 e. The average molecular weight is 567 g/mol. The molecule has 8 nitrogen and oxygen atoms in total. The predicted octanol–water partition coefficient (Wildman–Crippen LogP) is 6.35. The van der Waals surface area contributed by atoms with Crippen LogP contribution in [0, 0.1) is 0 Å². The number of methoxy groups -OCH3 is 2. The van der Waals surface area contributed by atoms with Crippen molar-refractivity contribution in [2.75, 3.05) is 27.4 Å². The number of benzene rings is 4. The number of hydrogen-bond acceptors (Lipinski definition) is 8. The number of aromatic hydroxyl groups is 1. The Morgan fingerprint density at radius 2 is 1.45 bits per heavy atom. The maximum absolute atomic E-state index is 12.8. The maximum atomic E-state index is 12.8. The number of rotatable bonds is 10. The van der Waals surface area contributed by atoms with Crippen molar-refractivity contribution in [1.29, 1.82) is 0 Å². The zero-order chi connectivity index (χ0) is 29.5. The molecule has 0 amide bonds. The molecule has 0 unspecified atom stereocenters. The van der Waals surface area contributed by atoms with Gasteiger partial charge in [0.25, 0.3) is 0 Å². The summed E-state index contributed by atoms with van der Waals surface area (Å²) in [5.74, 6) is 0.0700. The minimum absolute atomic E-state index is 0.00165. The number of ether oxygens (including phenoxy) is 5. The summed E-state index contributed by atoms with van der Waals surface area (Å²) in [6, 6.07) is 26.3. The lowest BCUT2D eigenvalue weighted by Crippen LogP contribution is -2.18. The van der Waals surface area contributed by atoms with Gasteiger partial charge in [-0.2, -0.15) is 0 Å². The molecule has 4 aromatic rings. The second-order valence-electron chi connectivity index (χ2n) is 9.55. The zero-order valence-electron chi connectivity index (χ0n) is 23.2. The average Bonchev–Trinajstić information content (AvgIpc) is 3.40. The topological polar surface area (TPSA) is 101 Å². The molecule has 5 rings (SSSR count). The van der Waals surface area contributed by atoms with Crippen LogP contribution in [0.4, 0.5) is 0 Å². The van der Waals surface area contributed by atoms with Crippen molar-refractivity contribution < 1.29 is 38.4 Å². The predicted molar refractivity (Wildman–Crippen MR) is 156 cm³/mol. The van der Waals surface area contributed by atoms with Crippen LogP contribution in [0.25, 0.3) is 6.08 Å². The molecule has 0 saturated carbocycles. The summed E-state index contributed by atoms with van der Waals surface area (Å²) < 4.78 is 28.5. The van der Waals surface area contributed by atoms with Crippen LogP contribution in [0.2, 0.25) is 0 Å². The Morgan fingerprint density at radius 1 is 0.810 bits per heavy atom. The molecule has 214 valence electrons. The fourth-order valence-electron chi connectivity index (χ4n) is 4.80. The number of fused-ring (bicyclic) bond motifs is 1. The van der Waals surface area contributed by atoms with E-state index in [0.717, 1.165) is 16.7 Å². The Morgan fingerprint density at radius 3 is 2.10 bits per heavy atom. The summed E-state index contributed by atoms with van der Waals surface area (Å²) in [4.78, 5) is 25.1. The van der Waals surface area contributed by atoms with Gasteiger partial charge in [0, 0.05) is 5.56 Å². The molecular formula is C34H30O8. The van der Waals surface area contributed by atoms with Gasteiger partial charge in [0.2, 0.25) is 0 Å². The van der Waals surface area contributed by atoms with Gasteiger partial charge in [-0.05, 0) is 65.7 Å². The van der Waals surface area contributed by atoms with E-state index in [0.29, 0.717) is 28.4 Å². The highest BCUT2D eigenvalue weighted by molar-refractivity contribution is 5.89. The van der Waals surface area contributed by atoms with Crippen molar-refractivity contribution in [3.63, 3.8) is 0 Å². The van der Waals surface area contributed by atoms with Gasteiger partial charge in [-0.1, -0.05) is 48.5 Å². The molecule has 2 atom stereocenters. The lowest BCUT2D eigenvalue weighted by Gasteiger charge is -2.20. The highest BCUT2D eigenvalue weighted by atomic mass is 16.5. The fourth-order valence-corrected chi connectivity index (χ4v) is 4.80. The van der Waals surface area contributed by atoms with Crippen molar-refractivity contribution in [2.24, 2.45) is 0 Å². The molecule has 0 saturated heterocycles. The Balaban J connectivity index is 1.41. The molecule has 0 aromatic heterocycles. The van der Waals surface area contributed by atoms with E-state index in [2.05, 4.69) is 0 Å². The summed E-state index contributed by atoms with van der Waals surface area (Å²) in [6.07, 6.45) is 3.01. The Bertz CT molecular complexity index is 1580. The van der Waals surface area contributed by atoms with E-state index in [1.165, 1.54) is 13.2 Å². The van der Waals surface area contributed by atoms with Gasteiger partial charge >= 0.3 is 11.9 Å². The molecular weight excluding hydrogens is 536 g/mol. The number of hydrogen-bond donors (Lipinski definition) is 1. The molecule has 1 aliphatic rings. The Hall–Kier alpha value is -5.24. The monoisotopic (exact) mass is 566 g/mol. The Labute approximate surface area is 243 Å². The third-order valence-electron chi connectivity index (χ3n) is 6.90. The van der Waals surface area contributed by atoms with Crippen molar-refractivity contribution in [3.8, 4) is 23.0 Å². The first-order valence-corrected chi connectivity index (χ1v) is 13.3. The minimum atomic E-state index is -0.557. The second kappa shape index (κ2) is 13.0. The van der Waals surface area contributed by atoms with Crippen LogP contribution in [0.3, 0.4) is 0 Å². The number of carbonyl (C=O) groups excluding carboxylic acids is 2. The van der Waals surface area contributed by atoms with Crippen LogP contribution in [-0.4, -0.2) is 44.5 Å². The molecule has 8 heteroatoms. The number of phenols is 1. The van der Waals surface area contributed by atoms with E-state index in [4.69, 9.17) is 23.7 Å². The standard InChI is InChI=1S/C34H30O8/c1-38-29-20-25(15-16-28(29)35)31-27(21-41-34(37)24-13-7-4-8-14-24)26-18-22(19-30(39-2)32(26)42-31)10-9-17-40-33(36)23-11-5-3-6-12-23/h3-16,18-20,27,31,35H,17,21H2,1-2H3/t27-,31+/m0/s1. The molecule has 0 aliphatic carbocycles. The van der Waals surface area contributed by atoms with Gasteiger partial charge in [-0.15, -0.1) is 0 Å². The van der Waals surface area contributed by atoms with E-state index in [1.54, 1.807) is 73.8 Å². The van der Waals surface area contributed by atoms with Gasteiger partial charge in [0.05, 0.1) is 31.3 Å². The van der Waals surface area contributed by atoms with Crippen LogP contribution in [0.15, 0.2) is 97.1 Å². The smallest absolute Gasteiger partial charge is 0.338 e. The number of carbonyl (C=O) groups is 2. The lowest BCUT2D eigenvalue weighted by molar-refractivity contribution is 0.0428. The first kappa shape index (κ1) is 28.3. The van der Waals surface area contributed by atoms with E-state index in [-0.39, 0.29) is 19.0 Å². The van der Waals surface area contributed by atoms with Gasteiger partial charge in [-0.25, -0.2) is 9.59 Å². The first-order valence-electron chi connectivity index (χ1n) is 13.3. The highest BCUT2D eigenvalue weighted by Crippen LogP contribution is 2.52. The molecule has 4 aromatic carbocycles. The summed E-state index contributed by atoms with van der Waals surface area (Å²) in [6.45, 7) is 0.108. The van der Waals surface area contributed by atoms with Crippen molar-refractivity contribution in [1.82, 2.24) is 0 Å². The summed E-state index contributed by atoms with van der Waals surface area (Å²) in [5, 5.41) is 10.1. The van der Waals surface area contributed by atoms with Crippen LogP contribution < -0.4 is 14.2 Å². The molecule has 0 fully saturated rings. The maximum Gasteiger partial charge on any atom is 0.338 e. The summed E-state index contributed by atoms with van der Waals surface area (Å²) >= 11 is 0. The van der Waals surface area contributed by atoms with Crippen molar-refractivity contribution >= 4 is 18.0 Å². The highest BCUT2D eigenvalue weighted by Gasteiger charge is 2.39. The molecule has 1 aliphatic heterocycles. The summed E-state index contributed by atoms with van der Waals surface area (Å²) in [5.41, 5.74) is 3.22. The van der Waals surface area contributed by atoms with Crippen molar-refractivity contribution in [3.05, 3.63) is 125 Å². The second-order valence-corrected chi connectivity index (χ2v) is 9.55. The Kier molecular flexibility index (Phi) is 8.72. The zero-order valence-corrected chi connectivity index (χ0v) is 23.2. The molecule has 1 N–H and O–H groups in total. The van der Waals surface area contributed by atoms with Crippen LogP contribution >= 0.6 is 0 Å². The molecule has 0 bridgehead atoms. The third kappa shape index (κ3) is 6.23. The fraction of sp³-hybridized carbons (Fsp3) is 0.176. The van der Waals surface area contributed by atoms with Crippen LogP contribution in [0.1, 0.15) is 49.4 Å². The van der Waals surface area contributed by atoms with Crippen LogP contribution in [0.5, 0.6) is 23.0 Å². The van der Waals surface area contributed by atoms with Crippen LogP contribution in [-0.2, 0) is 9.47 Å². The van der Waals surface area contributed by atoms with E-state index < -0.39 is 24.0 Å². The normalized spacial score (nSPS) is 15.5. The van der Waals surface area contributed by atoms with E-state index in [1.807, 2.05) is 30.3 Å². The van der Waals surface area contributed by atoms with Gasteiger partial charge in [-0.3, -0.25) is 0 Å². The molecule has 42 heavy (non-hydrogen) atoms. The first-order chi connectivity index (χ1) is 20.5.